The van der Waals surface area contributed by atoms with E-state index in [1.54, 1.807) is 12.1 Å². The molecule has 1 fully saturated rings. The summed E-state index contributed by atoms with van der Waals surface area (Å²) in [7, 11) is 0. The average Bonchev–Trinajstić information content (AvgIpc) is 2.45. The van der Waals surface area contributed by atoms with E-state index in [0.29, 0.717) is 30.4 Å². The van der Waals surface area contributed by atoms with Crippen LogP contribution < -0.4 is 5.32 Å². The molecular formula is C15H19ClN2O3. The van der Waals surface area contributed by atoms with Crippen LogP contribution in [0.4, 0.5) is 5.69 Å². The number of carbonyl (C=O) groups is 2. The van der Waals surface area contributed by atoms with E-state index in [-0.39, 0.29) is 18.3 Å². The summed E-state index contributed by atoms with van der Waals surface area (Å²) in [4.78, 5) is 25.9. The lowest BCUT2D eigenvalue weighted by Crippen LogP contribution is -2.50. The lowest BCUT2D eigenvalue weighted by atomic mass is 10.1. The summed E-state index contributed by atoms with van der Waals surface area (Å²) in [5, 5.41) is 3.36. The third kappa shape index (κ3) is 3.95. The lowest BCUT2D eigenvalue weighted by Gasteiger charge is -2.32. The van der Waals surface area contributed by atoms with Crippen LogP contribution in [0.15, 0.2) is 18.2 Å². The number of nitrogens with zero attached hydrogens (tertiary/aromatic N) is 1. The number of cyclic esters (lactones) is 1. The second-order valence-electron chi connectivity index (χ2n) is 5.02. The third-order valence-corrected chi connectivity index (χ3v) is 3.83. The Balaban J connectivity index is 2.03. The topological polar surface area (TPSA) is 58.6 Å². The van der Waals surface area contributed by atoms with Crippen molar-refractivity contribution in [1.29, 1.82) is 0 Å². The molecule has 1 heterocycles. The molecular weight excluding hydrogens is 292 g/mol. The Kier molecular flexibility index (Phi) is 5.20. The van der Waals surface area contributed by atoms with Crippen molar-refractivity contribution in [3.05, 3.63) is 28.8 Å². The fourth-order valence-electron chi connectivity index (χ4n) is 2.36. The van der Waals surface area contributed by atoms with E-state index in [1.807, 2.05) is 24.8 Å². The van der Waals surface area contributed by atoms with E-state index in [9.17, 15) is 9.59 Å². The molecule has 1 amide bonds. The summed E-state index contributed by atoms with van der Waals surface area (Å²) in [5.41, 5.74) is 1.59. The number of morpholine rings is 1. The maximum absolute atomic E-state index is 12.2. The molecule has 0 aromatic heterocycles. The number of rotatable bonds is 4. The number of hydrogen-bond donors (Lipinski definition) is 1. The van der Waals surface area contributed by atoms with Crippen LogP contribution in [0.25, 0.3) is 0 Å². The van der Waals surface area contributed by atoms with Crippen molar-refractivity contribution >= 4 is 29.2 Å². The van der Waals surface area contributed by atoms with Crippen LogP contribution in [-0.4, -0.2) is 42.5 Å². The van der Waals surface area contributed by atoms with Gasteiger partial charge >= 0.3 is 5.97 Å². The number of esters is 1. The monoisotopic (exact) mass is 310 g/mol. The van der Waals surface area contributed by atoms with Gasteiger partial charge in [0.25, 0.3) is 0 Å². The SMILES string of the molecule is CCN1CCOC(=O)[C@H]1CC(=O)Nc1cc(Cl)ccc1C. The van der Waals surface area contributed by atoms with Crippen LogP contribution in [-0.2, 0) is 14.3 Å². The van der Waals surface area contributed by atoms with Gasteiger partial charge < -0.3 is 10.1 Å². The van der Waals surface area contributed by atoms with E-state index in [1.165, 1.54) is 0 Å². The highest BCUT2D eigenvalue weighted by Gasteiger charge is 2.32. The number of anilines is 1. The molecule has 114 valence electrons. The molecule has 0 bridgehead atoms. The molecule has 1 aliphatic heterocycles. The highest BCUT2D eigenvalue weighted by Crippen LogP contribution is 2.21. The first-order valence-electron chi connectivity index (χ1n) is 6.98. The molecule has 0 saturated carbocycles. The number of carbonyl (C=O) groups excluding carboxylic acids is 2. The van der Waals surface area contributed by atoms with Gasteiger partial charge in [-0.2, -0.15) is 0 Å². The van der Waals surface area contributed by atoms with Crippen LogP contribution in [0.1, 0.15) is 18.9 Å². The minimum absolute atomic E-state index is 0.0820. The van der Waals surface area contributed by atoms with Gasteiger partial charge in [-0.1, -0.05) is 24.6 Å². The summed E-state index contributed by atoms with van der Waals surface area (Å²) >= 11 is 5.93. The van der Waals surface area contributed by atoms with Gasteiger partial charge in [-0.3, -0.25) is 14.5 Å². The largest absolute Gasteiger partial charge is 0.463 e. The molecule has 1 aliphatic rings. The molecule has 0 spiro atoms. The second-order valence-corrected chi connectivity index (χ2v) is 5.46. The Morgan fingerprint density at radius 1 is 1.52 bits per heavy atom. The molecule has 5 nitrogen and oxygen atoms in total. The van der Waals surface area contributed by atoms with E-state index in [4.69, 9.17) is 16.3 Å². The van der Waals surface area contributed by atoms with Crippen molar-refractivity contribution in [2.75, 3.05) is 25.0 Å². The molecule has 2 rings (SSSR count). The molecule has 1 atom stereocenters. The number of ether oxygens (including phenoxy) is 1. The molecule has 0 radical (unpaired) electrons. The lowest BCUT2D eigenvalue weighted by molar-refractivity contribution is -0.158. The number of hydrogen-bond acceptors (Lipinski definition) is 4. The Bertz CT molecular complexity index is 548. The zero-order valence-corrected chi connectivity index (χ0v) is 12.9. The molecule has 6 heteroatoms. The maximum Gasteiger partial charge on any atom is 0.323 e. The van der Waals surface area contributed by atoms with Gasteiger partial charge in [-0.15, -0.1) is 0 Å². The van der Waals surface area contributed by atoms with E-state index in [0.717, 1.165) is 5.56 Å². The minimum atomic E-state index is -0.511. The molecule has 1 aromatic carbocycles. The number of halogens is 1. The van der Waals surface area contributed by atoms with Crippen LogP contribution in [0.3, 0.4) is 0 Å². The number of nitrogens with one attached hydrogen (secondary N) is 1. The molecule has 0 aliphatic carbocycles. The first-order chi connectivity index (χ1) is 10.0. The van der Waals surface area contributed by atoms with Gasteiger partial charge in [0.2, 0.25) is 5.91 Å². The Morgan fingerprint density at radius 2 is 2.29 bits per heavy atom. The predicted molar refractivity (Wildman–Crippen MR) is 81.4 cm³/mol. The normalized spacial score (nSPS) is 19.2. The van der Waals surface area contributed by atoms with Gasteiger partial charge in [0.05, 0.1) is 6.42 Å². The number of likely N-dealkylation sites (N-methyl/N-ethyl adjacent to an activating group) is 1. The van der Waals surface area contributed by atoms with Crippen molar-refractivity contribution in [3.8, 4) is 0 Å². The van der Waals surface area contributed by atoms with E-state index in [2.05, 4.69) is 5.32 Å². The van der Waals surface area contributed by atoms with Crippen LogP contribution in [0, 0.1) is 6.92 Å². The summed E-state index contributed by atoms with van der Waals surface area (Å²) in [6, 6.07) is 4.80. The number of benzene rings is 1. The fraction of sp³-hybridized carbons (Fsp3) is 0.467. The number of amides is 1. The van der Waals surface area contributed by atoms with Crippen molar-refractivity contribution in [1.82, 2.24) is 4.90 Å². The highest BCUT2D eigenvalue weighted by molar-refractivity contribution is 6.31. The zero-order chi connectivity index (χ0) is 15.4. The average molecular weight is 311 g/mol. The van der Waals surface area contributed by atoms with Gasteiger partial charge in [-0.05, 0) is 31.2 Å². The second kappa shape index (κ2) is 6.91. The van der Waals surface area contributed by atoms with Gasteiger partial charge in [0.15, 0.2) is 0 Å². The van der Waals surface area contributed by atoms with Crippen molar-refractivity contribution in [2.24, 2.45) is 0 Å². The van der Waals surface area contributed by atoms with E-state index >= 15 is 0 Å². The van der Waals surface area contributed by atoms with Crippen molar-refractivity contribution < 1.29 is 14.3 Å². The maximum atomic E-state index is 12.2. The molecule has 1 N–H and O–H groups in total. The quantitative estimate of drug-likeness (QED) is 0.866. The predicted octanol–water partition coefficient (Wildman–Crippen LogP) is 2.22. The zero-order valence-electron chi connectivity index (χ0n) is 12.2. The van der Waals surface area contributed by atoms with Crippen LogP contribution in [0.5, 0.6) is 0 Å². The minimum Gasteiger partial charge on any atom is -0.463 e. The first kappa shape index (κ1) is 15.8. The van der Waals surface area contributed by atoms with Crippen LogP contribution in [0.2, 0.25) is 5.02 Å². The summed E-state index contributed by atoms with van der Waals surface area (Å²) < 4.78 is 5.03. The molecule has 1 saturated heterocycles. The van der Waals surface area contributed by atoms with Crippen LogP contribution >= 0.6 is 11.6 Å². The summed E-state index contributed by atoms with van der Waals surface area (Å²) in [5.74, 6) is -0.552. The summed E-state index contributed by atoms with van der Waals surface area (Å²) in [6.45, 7) is 5.61. The molecule has 1 aromatic rings. The number of aryl methyl sites for hydroxylation is 1. The van der Waals surface area contributed by atoms with Crippen molar-refractivity contribution in [3.63, 3.8) is 0 Å². The van der Waals surface area contributed by atoms with E-state index < -0.39 is 6.04 Å². The molecule has 0 unspecified atom stereocenters. The first-order valence-corrected chi connectivity index (χ1v) is 7.35. The molecule has 21 heavy (non-hydrogen) atoms. The van der Waals surface area contributed by atoms with Gasteiger partial charge in [-0.25, -0.2) is 0 Å². The third-order valence-electron chi connectivity index (χ3n) is 3.59. The summed E-state index contributed by atoms with van der Waals surface area (Å²) in [6.07, 6.45) is 0.0820. The van der Waals surface area contributed by atoms with Gasteiger partial charge in [0, 0.05) is 17.3 Å². The Labute approximate surface area is 129 Å². The fourth-order valence-corrected chi connectivity index (χ4v) is 2.53. The van der Waals surface area contributed by atoms with Gasteiger partial charge in [0.1, 0.15) is 12.6 Å². The standard InChI is InChI=1S/C15H19ClN2O3/c1-3-18-6-7-21-15(20)13(18)9-14(19)17-12-8-11(16)5-4-10(12)2/h4-5,8,13H,3,6-7,9H2,1-2H3,(H,17,19)/t13-/m1/s1. The highest BCUT2D eigenvalue weighted by atomic mass is 35.5. The smallest absolute Gasteiger partial charge is 0.323 e. The Hall–Kier alpha value is -1.59. The van der Waals surface area contributed by atoms with Crippen molar-refractivity contribution in [2.45, 2.75) is 26.3 Å². The Morgan fingerprint density at radius 3 is 3.00 bits per heavy atom.